The first-order chi connectivity index (χ1) is 13.3. The van der Waals surface area contributed by atoms with Gasteiger partial charge in [-0.05, 0) is 42.2 Å². The predicted octanol–water partition coefficient (Wildman–Crippen LogP) is 4.48. The Morgan fingerprint density at radius 1 is 1.29 bits per heavy atom. The molecule has 7 nitrogen and oxygen atoms in total. The summed E-state index contributed by atoms with van der Waals surface area (Å²) < 4.78 is 5.60. The first-order valence-electron chi connectivity index (χ1n) is 8.71. The van der Waals surface area contributed by atoms with E-state index in [1.165, 1.54) is 18.2 Å². The smallest absolute Gasteiger partial charge is 0.271 e. The SMILES string of the molecule is Cc1ccc([N+](=O)[O-])cc1NC(=O)/C(C#N)=C/c1ccc(OCC(C)C)cc1. The third-order valence-corrected chi connectivity index (χ3v) is 3.82. The Bertz CT molecular complexity index is 941. The summed E-state index contributed by atoms with van der Waals surface area (Å²) in [4.78, 5) is 22.8. The van der Waals surface area contributed by atoms with Crippen LogP contribution in [0, 0.1) is 34.3 Å². The maximum atomic E-state index is 12.4. The molecule has 0 spiro atoms. The lowest BCUT2D eigenvalue weighted by atomic mass is 10.1. The number of hydrogen-bond donors (Lipinski definition) is 1. The molecule has 0 atom stereocenters. The molecule has 0 fully saturated rings. The number of nitrogens with zero attached hydrogens (tertiary/aromatic N) is 2. The summed E-state index contributed by atoms with van der Waals surface area (Å²) in [5.41, 5.74) is 1.36. The number of non-ortho nitro benzene ring substituents is 1. The van der Waals surface area contributed by atoms with Gasteiger partial charge >= 0.3 is 0 Å². The number of ether oxygens (including phenoxy) is 1. The maximum Gasteiger partial charge on any atom is 0.271 e. The van der Waals surface area contributed by atoms with Crippen molar-refractivity contribution in [2.24, 2.45) is 5.92 Å². The van der Waals surface area contributed by atoms with Crippen molar-refractivity contribution in [2.75, 3.05) is 11.9 Å². The fourth-order valence-corrected chi connectivity index (χ4v) is 2.29. The fraction of sp³-hybridized carbons (Fsp3) is 0.238. The first-order valence-corrected chi connectivity index (χ1v) is 8.71. The van der Waals surface area contributed by atoms with Crippen LogP contribution >= 0.6 is 0 Å². The van der Waals surface area contributed by atoms with E-state index in [1.807, 2.05) is 6.07 Å². The Labute approximate surface area is 163 Å². The van der Waals surface area contributed by atoms with E-state index < -0.39 is 10.8 Å². The van der Waals surface area contributed by atoms with Gasteiger partial charge in [0.1, 0.15) is 17.4 Å². The van der Waals surface area contributed by atoms with Crippen LogP contribution < -0.4 is 10.1 Å². The normalized spacial score (nSPS) is 11.0. The third kappa shape index (κ3) is 5.68. The van der Waals surface area contributed by atoms with Crippen LogP contribution in [0.2, 0.25) is 0 Å². The Morgan fingerprint density at radius 2 is 1.96 bits per heavy atom. The van der Waals surface area contributed by atoms with Crippen molar-refractivity contribution in [3.8, 4) is 11.8 Å². The van der Waals surface area contributed by atoms with Crippen LogP contribution in [0.3, 0.4) is 0 Å². The Morgan fingerprint density at radius 3 is 2.54 bits per heavy atom. The van der Waals surface area contributed by atoms with Gasteiger partial charge in [-0.15, -0.1) is 0 Å². The minimum atomic E-state index is -0.633. The quantitative estimate of drug-likeness (QED) is 0.330. The van der Waals surface area contributed by atoms with Crippen LogP contribution in [0.25, 0.3) is 6.08 Å². The third-order valence-electron chi connectivity index (χ3n) is 3.82. The second kappa shape index (κ2) is 9.33. The summed E-state index contributed by atoms with van der Waals surface area (Å²) in [7, 11) is 0. The van der Waals surface area contributed by atoms with E-state index in [9.17, 15) is 20.2 Å². The van der Waals surface area contributed by atoms with Gasteiger partial charge in [0, 0.05) is 12.1 Å². The molecule has 0 unspecified atom stereocenters. The fourth-order valence-electron chi connectivity index (χ4n) is 2.29. The molecule has 0 heterocycles. The molecule has 0 aromatic heterocycles. The summed E-state index contributed by atoms with van der Waals surface area (Å²) in [5.74, 6) is 0.484. The molecular weight excluding hydrogens is 358 g/mol. The van der Waals surface area contributed by atoms with Crippen LogP contribution in [0.4, 0.5) is 11.4 Å². The summed E-state index contributed by atoms with van der Waals surface area (Å²) in [6.45, 7) is 6.42. The van der Waals surface area contributed by atoms with Gasteiger partial charge in [-0.3, -0.25) is 14.9 Å². The molecular formula is C21H21N3O4. The number of nitrogens with one attached hydrogen (secondary N) is 1. The summed E-state index contributed by atoms with van der Waals surface area (Å²) in [6.07, 6.45) is 1.45. The van der Waals surface area contributed by atoms with Crippen LogP contribution in [-0.4, -0.2) is 17.4 Å². The van der Waals surface area contributed by atoms with Gasteiger partial charge < -0.3 is 10.1 Å². The predicted molar refractivity (Wildman–Crippen MR) is 107 cm³/mol. The zero-order valence-electron chi connectivity index (χ0n) is 15.9. The Hall–Kier alpha value is -3.66. The molecule has 1 amide bonds. The van der Waals surface area contributed by atoms with Gasteiger partial charge in [0.2, 0.25) is 0 Å². The van der Waals surface area contributed by atoms with Crippen LogP contribution in [0.1, 0.15) is 25.0 Å². The zero-order valence-corrected chi connectivity index (χ0v) is 15.9. The average molecular weight is 379 g/mol. The largest absolute Gasteiger partial charge is 0.493 e. The molecule has 2 rings (SSSR count). The molecule has 144 valence electrons. The lowest BCUT2D eigenvalue weighted by Gasteiger charge is -2.09. The zero-order chi connectivity index (χ0) is 20.7. The van der Waals surface area contributed by atoms with Crippen molar-refractivity contribution in [1.29, 1.82) is 5.26 Å². The minimum Gasteiger partial charge on any atom is -0.493 e. The molecule has 0 radical (unpaired) electrons. The van der Waals surface area contributed by atoms with Crippen LogP contribution in [0.15, 0.2) is 48.0 Å². The highest BCUT2D eigenvalue weighted by Crippen LogP contribution is 2.23. The second-order valence-electron chi connectivity index (χ2n) is 6.65. The molecule has 28 heavy (non-hydrogen) atoms. The molecule has 2 aromatic rings. The lowest BCUT2D eigenvalue weighted by Crippen LogP contribution is -2.14. The number of amides is 1. The van der Waals surface area contributed by atoms with Gasteiger partial charge in [0.15, 0.2) is 0 Å². The Balaban J connectivity index is 2.16. The summed E-state index contributed by atoms with van der Waals surface area (Å²) in [5, 5.41) is 22.8. The van der Waals surface area contributed by atoms with Crippen LogP contribution in [-0.2, 0) is 4.79 Å². The van der Waals surface area contributed by atoms with E-state index in [0.717, 1.165) is 0 Å². The number of nitro benzene ring substituents is 1. The van der Waals surface area contributed by atoms with Crippen LogP contribution in [0.5, 0.6) is 5.75 Å². The number of nitriles is 1. The first kappa shape index (κ1) is 20.6. The van der Waals surface area contributed by atoms with E-state index in [0.29, 0.717) is 29.4 Å². The molecule has 0 bridgehead atoms. The van der Waals surface area contributed by atoms with E-state index in [4.69, 9.17) is 4.74 Å². The molecule has 0 aliphatic carbocycles. The van der Waals surface area contributed by atoms with Gasteiger partial charge in [0.05, 0.1) is 17.2 Å². The number of carbonyl (C=O) groups excluding carboxylic acids is 1. The highest BCUT2D eigenvalue weighted by molar-refractivity contribution is 6.10. The van der Waals surface area contributed by atoms with Gasteiger partial charge in [0.25, 0.3) is 11.6 Å². The number of benzene rings is 2. The number of anilines is 1. The standard InChI is InChI=1S/C21H21N3O4/c1-14(2)13-28-19-8-5-16(6-9-19)10-17(12-22)21(25)23-20-11-18(24(26)27)7-4-15(20)3/h4-11,14H,13H2,1-3H3,(H,23,25)/b17-10+. The van der Waals surface area contributed by atoms with E-state index in [1.54, 1.807) is 37.3 Å². The highest BCUT2D eigenvalue weighted by atomic mass is 16.6. The summed E-state index contributed by atoms with van der Waals surface area (Å²) >= 11 is 0. The number of hydrogen-bond acceptors (Lipinski definition) is 5. The molecule has 0 aliphatic heterocycles. The van der Waals surface area contributed by atoms with Crippen molar-refractivity contribution in [2.45, 2.75) is 20.8 Å². The van der Waals surface area contributed by atoms with Gasteiger partial charge in [-0.25, -0.2) is 0 Å². The van der Waals surface area contributed by atoms with E-state index in [-0.39, 0.29) is 16.9 Å². The van der Waals surface area contributed by atoms with Crippen molar-refractivity contribution < 1.29 is 14.5 Å². The Kier molecular flexibility index (Phi) is 6.88. The van der Waals surface area contributed by atoms with Crippen molar-refractivity contribution >= 4 is 23.4 Å². The molecule has 0 aliphatic rings. The van der Waals surface area contributed by atoms with E-state index in [2.05, 4.69) is 19.2 Å². The van der Waals surface area contributed by atoms with Gasteiger partial charge in [-0.2, -0.15) is 5.26 Å². The number of carbonyl (C=O) groups is 1. The average Bonchev–Trinajstić information content (AvgIpc) is 2.66. The maximum absolute atomic E-state index is 12.4. The van der Waals surface area contributed by atoms with Crippen molar-refractivity contribution in [3.63, 3.8) is 0 Å². The lowest BCUT2D eigenvalue weighted by molar-refractivity contribution is -0.384. The molecule has 7 heteroatoms. The van der Waals surface area contributed by atoms with Crippen molar-refractivity contribution in [1.82, 2.24) is 0 Å². The van der Waals surface area contributed by atoms with Gasteiger partial charge in [-0.1, -0.05) is 32.0 Å². The summed E-state index contributed by atoms with van der Waals surface area (Å²) in [6, 6.07) is 13.1. The highest BCUT2D eigenvalue weighted by Gasteiger charge is 2.14. The molecule has 2 aromatic carbocycles. The molecule has 1 N–H and O–H groups in total. The minimum absolute atomic E-state index is 0.109. The number of rotatable bonds is 7. The van der Waals surface area contributed by atoms with E-state index >= 15 is 0 Å². The monoisotopic (exact) mass is 379 g/mol. The second-order valence-corrected chi connectivity index (χ2v) is 6.65. The van der Waals surface area contributed by atoms with Crippen molar-refractivity contribution in [3.05, 3.63) is 69.3 Å². The molecule has 0 saturated carbocycles. The molecule has 0 saturated heterocycles. The number of nitro groups is 1. The number of aryl methyl sites for hydroxylation is 1. The topological polar surface area (TPSA) is 105 Å².